The summed E-state index contributed by atoms with van der Waals surface area (Å²) in [4.78, 5) is 6.69. The lowest BCUT2D eigenvalue weighted by Crippen LogP contribution is -2.38. The van der Waals surface area contributed by atoms with Crippen molar-refractivity contribution in [3.8, 4) is 17.2 Å². The Labute approximate surface area is 213 Å². The molecule has 2 aromatic rings. The van der Waals surface area contributed by atoms with Gasteiger partial charge in [0, 0.05) is 50.5 Å². The molecular formula is C24H35IN4O4. The molecule has 0 amide bonds. The van der Waals surface area contributed by atoms with Gasteiger partial charge >= 0.3 is 0 Å². The first kappa shape index (κ1) is 27.0. The standard InChI is InChI=1S/C24H34N4O4.HI/c1-4-31-22-10-9-20(17-23(22)29-3)27-24(25-2)26-18-19-7-5-6-8-21(19)32-16-13-28-11-14-30-15-12-28;/h5-10,17H,4,11-16,18H2,1-3H3,(H2,25,26,27);1H. The number of ether oxygens (including phenoxy) is 4. The molecule has 0 saturated carbocycles. The molecule has 2 aromatic carbocycles. The van der Waals surface area contributed by atoms with E-state index in [0.717, 1.165) is 49.8 Å². The van der Waals surface area contributed by atoms with Crippen molar-refractivity contribution in [1.82, 2.24) is 10.2 Å². The fourth-order valence-electron chi connectivity index (χ4n) is 3.42. The van der Waals surface area contributed by atoms with Gasteiger partial charge in [-0.25, -0.2) is 0 Å². The highest BCUT2D eigenvalue weighted by Gasteiger charge is 2.11. The molecule has 1 aliphatic heterocycles. The molecule has 1 saturated heterocycles. The third kappa shape index (κ3) is 8.56. The predicted octanol–water partition coefficient (Wildman–Crippen LogP) is 3.61. The van der Waals surface area contributed by atoms with Crippen LogP contribution in [0.1, 0.15) is 12.5 Å². The van der Waals surface area contributed by atoms with Gasteiger partial charge in [-0.2, -0.15) is 0 Å². The van der Waals surface area contributed by atoms with Crippen LogP contribution in [0.3, 0.4) is 0 Å². The lowest BCUT2D eigenvalue weighted by Gasteiger charge is -2.26. The van der Waals surface area contributed by atoms with Crippen LogP contribution in [0.5, 0.6) is 17.2 Å². The molecule has 0 aliphatic carbocycles. The number of hydrogen-bond acceptors (Lipinski definition) is 6. The van der Waals surface area contributed by atoms with Crippen LogP contribution in [0.2, 0.25) is 0 Å². The zero-order chi connectivity index (χ0) is 22.6. The van der Waals surface area contributed by atoms with E-state index in [1.165, 1.54) is 0 Å². The fraction of sp³-hybridized carbons (Fsp3) is 0.458. The normalized spacial score (nSPS) is 14.2. The van der Waals surface area contributed by atoms with Gasteiger partial charge in [-0.05, 0) is 25.1 Å². The van der Waals surface area contributed by atoms with Crippen LogP contribution < -0.4 is 24.8 Å². The van der Waals surface area contributed by atoms with Gasteiger partial charge in [-0.1, -0.05) is 18.2 Å². The highest BCUT2D eigenvalue weighted by molar-refractivity contribution is 14.0. The second-order valence-electron chi connectivity index (χ2n) is 7.26. The summed E-state index contributed by atoms with van der Waals surface area (Å²) >= 11 is 0. The Balaban J connectivity index is 0.00000385. The van der Waals surface area contributed by atoms with Crippen molar-refractivity contribution in [2.45, 2.75) is 13.5 Å². The highest BCUT2D eigenvalue weighted by atomic mass is 127. The molecule has 8 nitrogen and oxygen atoms in total. The number of nitrogens with zero attached hydrogens (tertiary/aromatic N) is 2. The van der Waals surface area contributed by atoms with E-state index >= 15 is 0 Å². The second-order valence-corrected chi connectivity index (χ2v) is 7.26. The molecule has 33 heavy (non-hydrogen) atoms. The SMILES string of the molecule is CCOc1ccc(NC(=NC)NCc2ccccc2OCCN2CCOCC2)cc1OC.I. The molecular weight excluding hydrogens is 535 g/mol. The van der Waals surface area contributed by atoms with E-state index in [2.05, 4.69) is 26.6 Å². The van der Waals surface area contributed by atoms with Crippen LogP contribution in [0, 0.1) is 0 Å². The third-order valence-corrected chi connectivity index (χ3v) is 5.14. The number of hydrogen-bond donors (Lipinski definition) is 2. The predicted molar refractivity (Wildman–Crippen MR) is 143 cm³/mol. The van der Waals surface area contributed by atoms with Crippen LogP contribution in [0.4, 0.5) is 5.69 Å². The third-order valence-electron chi connectivity index (χ3n) is 5.14. The average Bonchev–Trinajstić information content (AvgIpc) is 2.84. The van der Waals surface area contributed by atoms with Gasteiger partial charge in [0.25, 0.3) is 0 Å². The molecule has 0 spiro atoms. The first-order valence-corrected chi connectivity index (χ1v) is 11.0. The first-order chi connectivity index (χ1) is 15.7. The number of halogens is 1. The maximum absolute atomic E-state index is 6.08. The van der Waals surface area contributed by atoms with E-state index in [1.807, 2.05) is 43.3 Å². The number of guanidine groups is 1. The van der Waals surface area contributed by atoms with E-state index in [0.29, 0.717) is 37.2 Å². The van der Waals surface area contributed by atoms with Gasteiger partial charge in [0.2, 0.25) is 0 Å². The van der Waals surface area contributed by atoms with Crippen molar-refractivity contribution >= 4 is 35.6 Å². The summed E-state index contributed by atoms with van der Waals surface area (Å²) in [7, 11) is 3.37. The van der Waals surface area contributed by atoms with Crippen molar-refractivity contribution < 1.29 is 18.9 Å². The zero-order valence-corrected chi connectivity index (χ0v) is 22.0. The van der Waals surface area contributed by atoms with Gasteiger partial charge in [0.1, 0.15) is 12.4 Å². The van der Waals surface area contributed by atoms with Gasteiger partial charge in [-0.15, -0.1) is 24.0 Å². The molecule has 0 unspecified atom stereocenters. The van der Waals surface area contributed by atoms with Crippen molar-refractivity contribution in [3.05, 3.63) is 48.0 Å². The average molecular weight is 570 g/mol. The smallest absolute Gasteiger partial charge is 0.195 e. The van der Waals surface area contributed by atoms with Crippen LogP contribution in [0.15, 0.2) is 47.5 Å². The number of anilines is 1. The summed E-state index contributed by atoms with van der Waals surface area (Å²) in [6.07, 6.45) is 0. The summed E-state index contributed by atoms with van der Waals surface area (Å²) in [5.74, 6) is 2.92. The highest BCUT2D eigenvalue weighted by Crippen LogP contribution is 2.30. The Morgan fingerprint density at radius 3 is 2.58 bits per heavy atom. The molecule has 9 heteroatoms. The summed E-state index contributed by atoms with van der Waals surface area (Å²) in [5, 5.41) is 6.64. The lowest BCUT2D eigenvalue weighted by atomic mass is 10.2. The minimum Gasteiger partial charge on any atom is -0.493 e. The summed E-state index contributed by atoms with van der Waals surface area (Å²) in [5.41, 5.74) is 1.93. The number of aliphatic imine (C=N–C) groups is 1. The molecule has 2 N–H and O–H groups in total. The van der Waals surface area contributed by atoms with Crippen molar-refractivity contribution in [2.75, 3.05) is 65.5 Å². The quantitative estimate of drug-likeness (QED) is 0.257. The molecule has 1 fully saturated rings. The molecule has 3 rings (SSSR count). The number of para-hydroxylation sites is 1. The number of rotatable bonds is 10. The summed E-state index contributed by atoms with van der Waals surface area (Å²) in [6, 6.07) is 13.8. The summed E-state index contributed by atoms with van der Waals surface area (Å²) < 4.78 is 22.5. The van der Waals surface area contributed by atoms with Gasteiger partial charge in [-0.3, -0.25) is 9.89 Å². The number of methoxy groups -OCH3 is 1. The van der Waals surface area contributed by atoms with Crippen LogP contribution in [-0.2, 0) is 11.3 Å². The van der Waals surface area contributed by atoms with Crippen molar-refractivity contribution in [3.63, 3.8) is 0 Å². The number of nitrogens with one attached hydrogen (secondary N) is 2. The van der Waals surface area contributed by atoms with Gasteiger partial charge in [0.05, 0.1) is 26.9 Å². The van der Waals surface area contributed by atoms with Crippen LogP contribution in [-0.4, -0.2) is 71.1 Å². The molecule has 1 aliphatic rings. The molecule has 0 atom stereocenters. The first-order valence-electron chi connectivity index (χ1n) is 11.0. The lowest BCUT2D eigenvalue weighted by molar-refractivity contribution is 0.0322. The summed E-state index contributed by atoms with van der Waals surface area (Å²) in [6.45, 7) is 8.18. The number of benzene rings is 2. The topological polar surface area (TPSA) is 76.6 Å². The second kappa shape index (κ2) is 14.8. The minimum atomic E-state index is 0. The van der Waals surface area contributed by atoms with Crippen molar-refractivity contribution in [2.24, 2.45) is 4.99 Å². The molecule has 0 bridgehead atoms. The zero-order valence-electron chi connectivity index (χ0n) is 19.6. The maximum Gasteiger partial charge on any atom is 0.195 e. The minimum absolute atomic E-state index is 0. The van der Waals surface area contributed by atoms with Gasteiger partial charge < -0.3 is 29.6 Å². The maximum atomic E-state index is 6.08. The van der Waals surface area contributed by atoms with Gasteiger partial charge in [0.15, 0.2) is 17.5 Å². The fourth-order valence-corrected chi connectivity index (χ4v) is 3.42. The number of morpholine rings is 1. The van der Waals surface area contributed by atoms with E-state index in [-0.39, 0.29) is 24.0 Å². The molecule has 182 valence electrons. The molecule has 0 radical (unpaired) electrons. The van der Waals surface area contributed by atoms with Crippen molar-refractivity contribution in [1.29, 1.82) is 0 Å². The largest absolute Gasteiger partial charge is 0.493 e. The van der Waals surface area contributed by atoms with E-state index < -0.39 is 0 Å². The molecule has 1 heterocycles. The Bertz CT molecular complexity index is 875. The van der Waals surface area contributed by atoms with Crippen LogP contribution in [0.25, 0.3) is 0 Å². The van der Waals surface area contributed by atoms with Crippen LogP contribution >= 0.6 is 24.0 Å². The van der Waals surface area contributed by atoms with E-state index in [1.54, 1.807) is 14.2 Å². The Morgan fingerprint density at radius 2 is 1.85 bits per heavy atom. The monoisotopic (exact) mass is 570 g/mol. The molecule has 0 aromatic heterocycles. The Hall–Kier alpha value is -2.24. The van der Waals surface area contributed by atoms with E-state index in [9.17, 15) is 0 Å². The van der Waals surface area contributed by atoms with E-state index in [4.69, 9.17) is 18.9 Å². The Kier molecular flexibility index (Phi) is 12.1. The Morgan fingerprint density at radius 1 is 1.06 bits per heavy atom.